The Morgan fingerprint density at radius 3 is 1.98 bits per heavy atom. The van der Waals surface area contributed by atoms with Gasteiger partial charge in [0.15, 0.2) is 11.5 Å². The van der Waals surface area contributed by atoms with Gasteiger partial charge in [-0.05, 0) is 40.5 Å². The standard InChI is InChI=1S/C32H29F2NO5/c1-38-32(37)28(35-31(36)18-25-13-14-26(33)19-27(25)34)16-24-12-15-29(39-20-22-8-4-2-5-9-22)30(17-24)40-21-23-10-6-3-7-11-23/h2-15,17,19,28H,16,18,20-21H2,1H3,(H,35,36)/t28-/m0/s1. The third-order valence-corrected chi connectivity index (χ3v) is 6.11. The lowest BCUT2D eigenvalue weighted by Gasteiger charge is -2.19. The summed E-state index contributed by atoms with van der Waals surface area (Å²) < 4.78 is 44.3. The van der Waals surface area contributed by atoms with Crippen molar-refractivity contribution < 1.29 is 32.6 Å². The van der Waals surface area contributed by atoms with E-state index in [1.807, 2.05) is 60.7 Å². The number of esters is 1. The summed E-state index contributed by atoms with van der Waals surface area (Å²) in [6.07, 6.45) is -0.276. The number of amides is 1. The van der Waals surface area contributed by atoms with Crippen molar-refractivity contribution in [2.75, 3.05) is 7.11 Å². The molecule has 0 aliphatic carbocycles. The normalized spacial score (nSPS) is 11.4. The van der Waals surface area contributed by atoms with Gasteiger partial charge in [0.05, 0.1) is 13.5 Å². The van der Waals surface area contributed by atoms with Crippen LogP contribution >= 0.6 is 0 Å². The maximum absolute atomic E-state index is 14.0. The lowest BCUT2D eigenvalue weighted by molar-refractivity contribution is -0.145. The zero-order valence-electron chi connectivity index (χ0n) is 21.9. The lowest BCUT2D eigenvalue weighted by atomic mass is 10.0. The number of carbonyl (C=O) groups excluding carboxylic acids is 2. The van der Waals surface area contributed by atoms with E-state index in [1.165, 1.54) is 13.2 Å². The SMILES string of the molecule is COC(=O)[C@H](Cc1ccc(OCc2ccccc2)c(OCc2ccccc2)c1)NC(=O)Cc1ccc(F)cc1F. The van der Waals surface area contributed by atoms with Crippen LogP contribution in [0.4, 0.5) is 8.78 Å². The molecule has 1 N–H and O–H groups in total. The molecular formula is C32H29F2NO5. The maximum atomic E-state index is 14.0. The zero-order chi connectivity index (χ0) is 28.3. The fraction of sp³-hybridized carbons (Fsp3) is 0.188. The van der Waals surface area contributed by atoms with Gasteiger partial charge >= 0.3 is 5.97 Å². The van der Waals surface area contributed by atoms with Crippen molar-refractivity contribution in [3.8, 4) is 11.5 Å². The zero-order valence-corrected chi connectivity index (χ0v) is 21.9. The van der Waals surface area contributed by atoms with E-state index < -0.39 is 29.6 Å². The molecule has 1 atom stereocenters. The van der Waals surface area contributed by atoms with Gasteiger partial charge in [-0.15, -0.1) is 0 Å². The minimum atomic E-state index is -1.04. The van der Waals surface area contributed by atoms with Gasteiger partial charge in [-0.1, -0.05) is 72.8 Å². The third-order valence-electron chi connectivity index (χ3n) is 6.11. The molecule has 6 nitrogen and oxygen atoms in total. The molecule has 0 saturated carbocycles. The molecule has 1 amide bonds. The average Bonchev–Trinajstić information content (AvgIpc) is 2.97. The van der Waals surface area contributed by atoms with Gasteiger partial charge < -0.3 is 19.5 Å². The van der Waals surface area contributed by atoms with Crippen molar-refractivity contribution in [2.24, 2.45) is 0 Å². The Hall–Kier alpha value is -4.72. The van der Waals surface area contributed by atoms with E-state index >= 15 is 0 Å². The Balaban J connectivity index is 1.50. The number of halogens is 2. The van der Waals surface area contributed by atoms with Gasteiger partial charge in [0.2, 0.25) is 5.91 Å². The second-order valence-electron chi connectivity index (χ2n) is 9.09. The molecule has 4 aromatic carbocycles. The molecule has 0 spiro atoms. The molecule has 0 saturated heterocycles. The summed E-state index contributed by atoms with van der Waals surface area (Å²) in [4.78, 5) is 25.2. The molecule has 0 aliphatic rings. The first kappa shape index (κ1) is 28.3. The van der Waals surface area contributed by atoms with Crippen LogP contribution in [0.15, 0.2) is 97.1 Å². The molecule has 0 radical (unpaired) electrons. The molecule has 0 aliphatic heterocycles. The Morgan fingerprint density at radius 1 is 0.750 bits per heavy atom. The Labute approximate surface area is 231 Å². The highest BCUT2D eigenvalue weighted by Gasteiger charge is 2.23. The number of hydrogen-bond donors (Lipinski definition) is 1. The molecule has 0 unspecified atom stereocenters. The Morgan fingerprint density at radius 2 is 1.38 bits per heavy atom. The highest BCUT2D eigenvalue weighted by Crippen LogP contribution is 2.31. The third kappa shape index (κ3) is 8.14. The molecule has 4 rings (SSSR count). The second-order valence-corrected chi connectivity index (χ2v) is 9.09. The number of nitrogens with one attached hydrogen (secondary N) is 1. The lowest BCUT2D eigenvalue weighted by Crippen LogP contribution is -2.43. The first-order valence-corrected chi connectivity index (χ1v) is 12.7. The van der Waals surface area contributed by atoms with Crippen LogP contribution in [0.1, 0.15) is 22.3 Å². The van der Waals surface area contributed by atoms with Crippen molar-refractivity contribution in [1.82, 2.24) is 5.32 Å². The van der Waals surface area contributed by atoms with Gasteiger partial charge in [0, 0.05) is 12.5 Å². The summed E-state index contributed by atoms with van der Waals surface area (Å²) in [6.45, 7) is 0.634. The molecule has 4 aromatic rings. The fourth-order valence-electron chi connectivity index (χ4n) is 4.04. The smallest absolute Gasteiger partial charge is 0.328 e. The van der Waals surface area contributed by atoms with E-state index in [4.69, 9.17) is 14.2 Å². The van der Waals surface area contributed by atoms with Crippen LogP contribution in [0.5, 0.6) is 11.5 Å². The first-order chi connectivity index (χ1) is 19.4. The van der Waals surface area contributed by atoms with Crippen LogP contribution in [0.3, 0.4) is 0 Å². The van der Waals surface area contributed by atoms with E-state index in [0.29, 0.717) is 36.3 Å². The number of rotatable bonds is 12. The Kier molecular flexibility index (Phi) is 9.83. The topological polar surface area (TPSA) is 73.9 Å². The molecule has 0 aromatic heterocycles. The minimum Gasteiger partial charge on any atom is -0.485 e. The number of benzene rings is 4. The highest BCUT2D eigenvalue weighted by molar-refractivity contribution is 5.85. The van der Waals surface area contributed by atoms with Crippen molar-refractivity contribution in [2.45, 2.75) is 32.1 Å². The number of ether oxygens (including phenoxy) is 3. The van der Waals surface area contributed by atoms with Crippen molar-refractivity contribution >= 4 is 11.9 Å². The summed E-state index contributed by atoms with van der Waals surface area (Å²) in [5, 5.41) is 2.60. The molecule has 0 bridgehead atoms. The number of carbonyl (C=O) groups is 2. The summed E-state index contributed by atoms with van der Waals surface area (Å²) in [6, 6.07) is 26.6. The van der Waals surface area contributed by atoms with Gasteiger partial charge in [0.1, 0.15) is 30.9 Å². The van der Waals surface area contributed by atoms with E-state index in [-0.39, 0.29) is 18.4 Å². The van der Waals surface area contributed by atoms with E-state index in [1.54, 1.807) is 18.2 Å². The highest BCUT2D eigenvalue weighted by atomic mass is 19.1. The summed E-state index contributed by atoms with van der Waals surface area (Å²) >= 11 is 0. The van der Waals surface area contributed by atoms with Crippen LogP contribution in [-0.2, 0) is 40.4 Å². The summed E-state index contributed by atoms with van der Waals surface area (Å²) in [5.74, 6) is -1.85. The predicted molar refractivity (Wildman–Crippen MR) is 146 cm³/mol. The monoisotopic (exact) mass is 545 g/mol. The maximum Gasteiger partial charge on any atom is 0.328 e. The number of methoxy groups -OCH3 is 1. The van der Waals surface area contributed by atoms with Crippen molar-refractivity contribution in [3.63, 3.8) is 0 Å². The molecule has 206 valence electrons. The summed E-state index contributed by atoms with van der Waals surface area (Å²) in [5.41, 5.74) is 2.65. The van der Waals surface area contributed by atoms with Crippen LogP contribution in [-0.4, -0.2) is 25.0 Å². The van der Waals surface area contributed by atoms with E-state index in [2.05, 4.69) is 5.32 Å². The molecule has 40 heavy (non-hydrogen) atoms. The number of hydrogen-bond acceptors (Lipinski definition) is 5. The average molecular weight is 546 g/mol. The largest absolute Gasteiger partial charge is 0.485 e. The predicted octanol–water partition coefficient (Wildman–Crippen LogP) is 5.57. The quantitative estimate of drug-likeness (QED) is 0.236. The van der Waals surface area contributed by atoms with Crippen molar-refractivity contribution in [1.29, 1.82) is 0 Å². The molecular weight excluding hydrogens is 516 g/mol. The Bertz CT molecular complexity index is 1430. The fourth-order valence-corrected chi connectivity index (χ4v) is 4.04. The second kappa shape index (κ2) is 13.9. The van der Waals surface area contributed by atoms with Crippen LogP contribution in [0.2, 0.25) is 0 Å². The van der Waals surface area contributed by atoms with Crippen LogP contribution in [0, 0.1) is 11.6 Å². The minimum absolute atomic E-state index is 0.0130. The summed E-state index contributed by atoms with van der Waals surface area (Å²) in [7, 11) is 1.22. The molecule has 8 heteroatoms. The van der Waals surface area contributed by atoms with Gasteiger partial charge in [0.25, 0.3) is 0 Å². The van der Waals surface area contributed by atoms with Crippen LogP contribution in [0.25, 0.3) is 0 Å². The van der Waals surface area contributed by atoms with Gasteiger partial charge in [-0.3, -0.25) is 4.79 Å². The van der Waals surface area contributed by atoms with Crippen molar-refractivity contribution in [3.05, 3.63) is 131 Å². The van der Waals surface area contributed by atoms with Gasteiger partial charge in [-0.25, -0.2) is 13.6 Å². The van der Waals surface area contributed by atoms with E-state index in [9.17, 15) is 18.4 Å². The van der Waals surface area contributed by atoms with Gasteiger partial charge in [-0.2, -0.15) is 0 Å². The van der Waals surface area contributed by atoms with Crippen LogP contribution < -0.4 is 14.8 Å². The molecule has 0 fully saturated rings. The first-order valence-electron chi connectivity index (χ1n) is 12.7. The molecule has 0 heterocycles. The van der Waals surface area contributed by atoms with E-state index in [0.717, 1.165) is 17.2 Å².